The molecule has 5 nitrogen and oxygen atoms in total. The third kappa shape index (κ3) is 4.22. The lowest BCUT2D eigenvalue weighted by Gasteiger charge is -2.36. The molecule has 0 spiro atoms. The Hall–Kier alpha value is -1.15. The molecule has 1 aromatic carbocycles. The Bertz CT molecular complexity index is 650. The van der Waals surface area contributed by atoms with E-state index in [4.69, 9.17) is 4.74 Å². The highest BCUT2D eigenvalue weighted by molar-refractivity contribution is 5.85. The van der Waals surface area contributed by atoms with Gasteiger partial charge in [0.15, 0.2) is 0 Å². The number of amides is 1. The van der Waals surface area contributed by atoms with E-state index in [0.717, 1.165) is 11.3 Å². The Morgan fingerprint density at radius 3 is 2.88 bits per heavy atom. The summed E-state index contributed by atoms with van der Waals surface area (Å²) in [5, 5.41) is 6.17. The van der Waals surface area contributed by atoms with Crippen LogP contribution in [0.5, 0.6) is 5.75 Å². The molecule has 146 valence electrons. The van der Waals surface area contributed by atoms with E-state index in [9.17, 15) is 13.6 Å². The fraction of sp³-hybridized carbons (Fsp3) is 0.588. The van der Waals surface area contributed by atoms with E-state index in [-0.39, 0.29) is 55.8 Å². The van der Waals surface area contributed by atoms with Gasteiger partial charge in [-0.3, -0.25) is 9.69 Å². The monoisotopic (exact) mass is 409 g/mol. The molecule has 1 amide bonds. The smallest absolute Gasteiger partial charge is 0.262 e. The number of para-hydroxylation sites is 1. The molecule has 0 bridgehead atoms. The summed E-state index contributed by atoms with van der Waals surface area (Å²) in [6.45, 7) is 1.07. The first-order valence-electron chi connectivity index (χ1n) is 8.39. The van der Waals surface area contributed by atoms with Crippen LogP contribution < -0.4 is 15.4 Å². The van der Waals surface area contributed by atoms with Gasteiger partial charge in [-0.05, 0) is 6.07 Å². The van der Waals surface area contributed by atoms with Crippen molar-refractivity contribution in [1.29, 1.82) is 0 Å². The molecule has 3 aliphatic heterocycles. The Kier molecular flexibility index (Phi) is 6.71. The first-order valence-corrected chi connectivity index (χ1v) is 8.39. The first kappa shape index (κ1) is 21.2. The van der Waals surface area contributed by atoms with E-state index >= 15 is 0 Å². The number of alkyl halides is 2. The van der Waals surface area contributed by atoms with Crippen LogP contribution in [0.3, 0.4) is 0 Å². The lowest BCUT2D eigenvalue weighted by atomic mass is 10.00. The summed E-state index contributed by atoms with van der Waals surface area (Å²) in [6.07, 6.45) is 0.585. The van der Waals surface area contributed by atoms with Crippen LogP contribution in [0.2, 0.25) is 0 Å². The van der Waals surface area contributed by atoms with Gasteiger partial charge < -0.3 is 15.4 Å². The van der Waals surface area contributed by atoms with Crippen LogP contribution in [-0.4, -0.2) is 55.1 Å². The maximum absolute atomic E-state index is 13.5. The molecule has 3 aliphatic rings. The second kappa shape index (κ2) is 8.25. The third-order valence-corrected chi connectivity index (χ3v) is 5.09. The minimum atomic E-state index is -2.64. The van der Waals surface area contributed by atoms with E-state index in [1.165, 1.54) is 0 Å². The van der Waals surface area contributed by atoms with Gasteiger partial charge in [-0.1, -0.05) is 18.2 Å². The number of benzene rings is 1. The normalized spacial score (nSPS) is 29.2. The SMILES string of the molecule is Cl.Cl.O=C(N[C@@H]1CCOc2ccccc21)C1CN2CC(F)(F)CC2CN1. The predicted molar refractivity (Wildman–Crippen MR) is 98.6 cm³/mol. The number of nitrogens with one attached hydrogen (secondary N) is 2. The standard InChI is InChI=1S/C17H21F2N3O2.2ClH/c18-17(19)7-11-8-20-14(9-22(11)10-17)16(23)21-13-5-6-24-15-4-2-1-3-12(13)15;;/h1-4,11,13-14,20H,5-10H2,(H,21,23);2*1H/t11?,13-,14?;;/m1../s1. The van der Waals surface area contributed by atoms with E-state index in [1.807, 2.05) is 24.3 Å². The molecular formula is C17H23Cl2F2N3O2. The Morgan fingerprint density at radius 2 is 2.08 bits per heavy atom. The molecule has 3 atom stereocenters. The number of carbonyl (C=O) groups is 1. The number of piperazine rings is 1. The van der Waals surface area contributed by atoms with Gasteiger partial charge in [0, 0.05) is 37.5 Å². The zero-order valence-electron chi connectivity index (χ0n) is 14.1. The van der Waals surface area contributed by atoms with Crippen molar-refractivity contribution in [2.24, 2.45) is 0 Å². The predicted octanol–water partition coefficient (Wildman–Crippen LogP) is 2.15. The number of nitrogens with zero attached hydrogens (tertiary/aromatic N) is 1. The molecule has 1 aromatic rings. The topological polar surface area (TPSA) is 53.6 Å². The highest BCUT2D eigenvalue weighted by Gasteiger charge is 2.47. The number of hydrogen-bond acceptors (Lipinski definition) is 4. The van der Waals surface area contributed by atoms with Crippen LogP contribution in [0.25, 0.3) is 0 Å². The van der Waals surface area contributed by atoms with Crippen molar-refractivity contribution in [3.63, 3.8) is 0 Å². The Balaban J connectivity index is 0.00000121. The first-order chi connectivity index (χ1) is 11.5. The van der Waals surface area contributed by atoms with Crippen LogP contribution in [0.4, 0.5) is 8.78 Å². The van der Waals surface area contributed by atoms with Crippen LogP contribution in [0, 0.1) is 0 Å². The second-order valence-electron chi connectivity index (χ2n) is 6.84. The van der Waals surface area contributed by atoms with Gasteiger partial charge >= 0.3 is 0 Å². The van der Waals surface area contributed by atoms with Gasteiger partial charge in [0.1, 0.15) is 5.75 Å². The second-order valence-corrected chi connectivity index (χ2v) is 6.84. The summed E-state index contributed by atoms with van der Waals surface area (Å²) in [6, 6.07) is 6.94. The van der Waals surface area contributed by atoms with Crippen molar-refractivity contribution in [2.45, 2.75) is 36.9 Å². The van der Waals surface area contributed by atoms with Gasteiger partial charge in [0.25, 0.3) is 5.92 Å². The fourth-order valence-electron chi connectivity index (χ4n) is 3.90. The zero-order valence-corrected chi connectivity index (χ0v) is 15.8. The van der Waals surface area contributed by atoms with Crippen molar-refractivity contribution in [1.82, 2.24) is 15.5 Å². The average molecular weight is 410 g/mol. The molecule has 9 heteroatoms. The molecule has 0 saturated carbocycles. The van der Waals surface area contributed by atoms with Gasteiger partial charge in [0.05, 0.1) is 25.2 Å². The molecule has 26 heavy (non-hydrogen) atoms. The Labute approximate surface area is 163 Å². The minimum Gasteiger partial charge on any atom is -0.493 e. The summed E-state index contributed by atoms with van der Waals surface area (Å²) in [7, 11) is 0. The minimum absolute atomic E-state index is 0. The van der Waals surface area contributed by atoms with E-state index in [2.05, 4.69) is 10.6 Å². The van der Waals surface area contributed by atoms with Crippen molar-refractivity contribution < 1.29 is 18.3 Å². The molecule has 2 unspecified atom stereocenters. The molecule has 0 aromatic heterocycles. The third-order valence-electron chi connectivity index (χ3n) is 5.09. The van der Waals surface area contributed by atoms with Crippen LogP contribution >= 0.6 is 24.8 Å². The number of ether oxygens (including phenoxy) is 1. The molecule has 0 aliphatic carbocycles. The number of halogens is 4. The van der Waals surface area contributed by atoms with Gasteiger partial charge in [-0.2, -0.15) is 0 Å². The number of fused-ring (bicyclic) bond motifs is 2. The van der Waals surface area contributed by atoms with Crippen LogP contribution in [0.1, 0.15) is 24.4 Å². The van der Waals surface area contributed by atoms with Crippen LogP contribution in [-0.2, 0) is 4.79 Å². The van der Waals surface area contributed by atoms with Crippen molar-refractivity contribution >= 4 is 30.7 Å². The molecule has 2 N–H and O–H groups in total. The van der Waals surface area contributed by atoms with E-state index < -0.39 is 12.0 Å². The molecule has 2 saturated heterocycles. The van der Waals surface area contributed by atoms with E-state index in [1.54, 1.807) is 4.90 Å². The molecule has 4 rings (SSSR count). The fourth-order valence-corrected chi connectivity index (χ4v) is 3.90. The largest absolute Gasteiger partial charge is 0.493 e. The van der Waals surface area contributed by atoms with Crippen molar-refractivity contribution in [3.05, 3.63) is 29.8 Å². The van der Waals surface area contributed by atoms with Crippen LogP contribution in [0.15, 0.2) is 24.3 Å². The maximum Gasteiger partial charge on any atom is 0.262 e. The highest BCUT2D eigenvalue weighted by Crippen LogP contribution is 2.34. The van der Waals surface area contributed by atoms with Gasteiger partial charge in [0.2, 0.25) is 5.91 Å². The summed E-state index contributed by atoms with van der Waals surface area (Å²) in [5.74, 6) is -1.98. The Morgan fingerprint density at radius 1 is 1.31 bits per heavy atom. The molecular weight excluding hydrogens is 387 g/mol. The van der Waals surface area contributed by atoms with Gasteiger partial charge in [-0.25, -0.2) is 8.78 Å². The molecule has 0 radical (unpaired) electrons. The van der Waals surface area contributed by atoms with Crippen molar-refractivity contribution in [2.75, 3.05) is 26.2 Å². The lowest BCUT2D eigenvalue weighted by molar-refractivity contribution is -0.125. The molecule has 3 heterocycles. The number of carbonyl (C=O) groups excluding carboxylic acids is 1. The summed E-state index contributed by atoms with van der Waals surface area (Å²) in [5.41, 5.74) is 0.971. The van der Waals surface area contributed by atoms with E-state index in [0.29, 0.717) is 26.1 Å². The number of rotatable bonds is 2. The summed E-state index contributed by atoms with van der Waals surface area (Å²) in [4.78, 5) is 14.3. The average Bonchev–Trinajstić information content (AvgIpc) is 2.88. The number of hydrogen-bond donors (Lipinski definition) is 2. The zero-order chi connectivity index (χ0) is 16.7. The lowest BCUT2D eigenvalue weighted by Crippen LogP contribution is -2.59. The maximum atomic E-state index is 13.5. The molecule has 2 fully saturated rings. The summed E-state index contributed by atoms with van der Waals surface area (Å²) < 4.78 is 32.7. The van der Waals surface area contributed by atoms with Gasteiger partial charge in [-0.15, -0.1) is 24.8 Å². The highest BCUT2D eigenvalue weighted by atomic mass is 35.5. The van der Waals surface area contributed by atoms with Crippen molar-refractivity contribution in [3.8, 4) is 5.75 Å². The quantitative estimate of drug-likeness (QED) is 0.785. The summed E-state index contributed by atoms with van der Waals surface area (Å²) >= 11 is 0.